The van der Waals surface area contributed by atoms with Crippen molar-refractivity contribution in [1.29, 1.82) is 0 Å². The van der Waals surface area contributed by atoms with E-state index in [9.17, 15) is 5.11 Å². The van der Waals surface area contributed by atoms with E-state index in [0.29, 0.717) is 12.5 Å². The van der Waals surface area contributed by atoms with Crippen molar-refractivity contribution in [2.24, 2.45) is 5.73 Å². The van der Waals surface area contributed by atoms with E-state index in [4.69, 9.17) is 10.7 Å². The van der Waals surface area contributed by atoms with Gasteiger partial charge in [0.05, 0.1) is 6.61 Å². The summed E-state index contributed by atoms with van der Waals surface area (Å²) in [6.07, 6.45) is 4.57. The standard InChI is InChI=1S/C24H36N2O/c1-6-7-8-9-20-22(19-12-10-18(14-25)11-13-19)21(15-27)24(17(4)5)26-23(20)16(2)3/h10-13,16-17,27H,6-9,14-15,25H2,1-5H3. The Morgan fingerprint density at radius 1 is 0.926 bits per heavy atom. The number of aromatic nitrogens is 1. The number of unbranched alkanes of at least 4 members (excludes halogenated alkanes) is 2. The molecule has 0 fully saturated rings. The van der Waals surface area contributed by atoms with E-state index >= 15 is 0 Å². The van der Waals surface area contributed by atoms with Crippen LogP contribution in [0.4, 0.5) is 0 Å². The summed E-state index contributed by atoms with van der Waals surface area (Å²) in [5.41, 5.74) is 13.8. The van der Waals surface area contributed by atoms with Crippen LogP contribution in [-0.2, 0) is 19.6 Å². The topological polar surface area (TPSA) is 59.1 Å². The van der Waals surface area contributed by atoms with E-state index in [1.165, 1.54) is 29.7 Å². The molecule has 2 rings (SSSR count). The van der Waals surface area contributed by atoms with Crippen molar-refractivity contribution in [3.05, 3.63) is 52.3 Å². The van der Waals surface area contributed by atoms with Gasteiger partial charge >= 0.3 is 0 Å². The molecule has 2 aromatic rings. The number of pyridine rings is 1. The minimum Gasteiger partial charge on any atom is -0.392 e. The molecule has 3 nitrogen and oxygen atoms in total. The molecule has 0 amide bonds. The van der Waals surface area contributed by atoms with Crippen LogP contribution in [0, 0.1) is 0 Å². The number of benzene rings is 1. The van der Waals surface area contributed by atoms with Gasteiger partial charge in [0.1, 0.15) is 0 Å². The van der Waals surface area contributed by atoms with E-state index in [-0.39, 0.29) is 12.5 Å². The average molecular weight is 369 g/mol. The lowest BCUT2D eigenvalue weighted by atomic mass is 9.85. The molecule has 1 aromatic carbocycles. The number of aliphatic hydroxyl groups is 1. The first kappa shape index (κ1) is 21.6. The predicted octanol–water partition coefficient (Wildman–Crippen LogP) is 5.68. The first-order valence-electron chi connectivity index (χ1n) is 10.4. The Hall–Kier alpha value is -1.71. The molecule has 0 atom stereocenters. The van der Waals surface area contributed by atoms with E-state index < -0.39 is 0 Å². The SMILES string of the molecule is CCCCCc1c(C(C)C)nc(C(C)C)c(CO)c1-c1ccc(CN)cc1. The van der Waals surface area contributed by atoms with E-state index in [2.05, 4.69) is 58.9 Å². The van der Waals surface area contributed by atoms with Crippen molar-refractivity contribution < 1.29 is 5.11 Å². The molecule has 0 unspecified atom stereocenters. The van der Waals surface area contributed by atoms with Crippen LogP contribution in [0.3, 0.4) is 0 Å². The molecule has 0 aliphatic rings. The van der Waals surface area contributed by atoms with Crippen LogP contribution >= 0.6 is 0 Å². The lowest BCUT2D eigenvalue weighted by molar-refractivity contribution is 0.279. The monoisotopic (exact) mass is 368 g/mol. The Bertz CT molecular complexity index is 733. The Labute approximate surface area is 165 Å². The number of aliphatic hydroxyl groups excluding tert-OH is 1. The lowest BCUT2D eigenvalue weighted by Crippen LogP contribution is -2.12. The zero-order valence-corrected chi connectivity index (χ0v) is 17.7. The molecule has 3 N–H and O–H groups in total. The van der Waals surface area contributed by atoms with Gasteiger partial charge in [-0.1, -0.05) is 71.7 Å². The lowest BCUT2D eigenvalue weighted by Gasteiger charge is -2.24. The summed E-state index contributed by atoms with van der Waals surface area (Å²) in [5, 5.41) is 10.3. The van der Waals surface area contributed by atoms with Gasteiger partial charge in [-0.25, -0.2) is 0 Å². The Kier molecular flexibility index (Phi) is 8.00. The van der Waals surface area contributed by atoms with Crippen LogP contribution in [0.1, 0.15) is 93.8 Å². The fourth-order valence-electron chi connectivity index (χ4n) is 3.78. The van der Waals surface area contributed by atoms with Gasteiger partial charge in [-0.3, -0.25) is 4.98 Å². The zero-order valence-electron chi connectivity index (χ0n) is 17.7. The summed E-state index contributed by atoms with van der Waals surface area (Å²) >= 11 is 0. The van der Waals surface area contributed by atoms with Gasteiger partial charge in [-0.2, -0.15) is 0 Å². The van der Waals surface area contributed by atoms with Crippen molar-refractivity contribution in [3.8, 4) is 11.1 Å². The van der Waals surface area contributed by atoms with Crippen molar-refractivity contribution in [2.75, 3.05) is 0 Å². The van der Waals surface area contributed by atoms with Gasteiger partial charge in [0, 0.05) is 23.5 Å². The quantitative estimate of drug-likeness (QED) is 0.560. The van der Waals surface area contributed by atoms with E-state index in [1.807, 2.05) is 0 Å². The fraction of sp³-hybridized carbons (Fsp3) is 0.542. The Morgan fingerprint density at radius 2 is 1.52 bits per heavy atom. The Balaban J connectivity index is 2.76. The predicted molar refractivity (Wildman–Crippen MR) is 115 cm³/mol. The molecule has 1 aromatic heterocycles. The second-order valence-corrected chi connectivity index (χ2v) is 8.04. The van der Waals surface area contributed by atoms with Gasteiger partial charge in [-0.15, -0.1) is 0 Å². The summed E-state index contributed by atoms with van der Waals surface area (Å²) in [6, 6.07) is 8.48. The van der Waals surface area contributed by atoms with Crippen molar-refractivity contribution >= 4 is 0 Å². The third kappa shape index (κ3) is 4.97. The number of rotatable bonds is 9. The maximum absolute atomic E-state index is 10.3. The minimum absolute atomic E-state index is 0.0215. The van der Waals surface area contributed by atoms with Crippen LogP contribution in [0.5, 0.6) is 0 Å². The average Bonchev–Trinajstić information content (AvgIpc) is 2.67. The summed E-state index contributed by atoms with van der Waals surface area (Å²) in [6.45, 7) is 11.5. The summed E-state index contributed by atoms with van der Waals surface area (Å²) < 4.78 is 0. The molecular formula is C24H36N2O. The Morgan fingerprint density at radius 3 is 2.00 bits per heavy atom. The maximum atomic E-state index is 10.3. The van der Waals surface area contributed by atoms with Crippen molar-refractivity contribution in [1.82, 2.24) is 4.98 Å². The van der Waals surface area contributed by atoms with Crippen LogP contribution in [0.2, 0.25) is 0 Å². The maximum Gasteiger partial charge on any atom is 0.0705 e. The second kappa shape index (κ2) is 10.0. The molecule has 0 bridgehead atoms. The van der Waals surface area contributed by atoms with Crippen LogP contribution in [0.15, 0.2) is 24.3 Å². The minimum atomic E-state index is 0.0215. The normalized spacial score (nSPS) is 11.6. The van der Waals surface area contributed by atoms with Crippen LogP contribution in [-0.4, -0.2) is 10.1 Å². The zero-order chi connectivity index (χ0) is 20.0. The molecular weight excluding hydrogens is 332 g/mol. The molecule has 0 saturated carbocycles. The van der Waals surface area contributed by atoms with Crippen molar-refractivity contribution in [2.45, 2.75) is 85.3 Å². The second-order valence-electron chi connectivity index (χ2n) is 8.04. The molecule has 1 heterocycles. The summed E-state index contributed by atoms with van der Waals surface area (Å²) in [5.74, 6) is 0.630. The number of nitrogens with zero attached hydrogens (tertiary/aromatic N) is 1. The first-order chi connectivity index (χ1) is 12.9. The molecule has 148 valence electrons. The van der Waals surface area contributed by atoms with Gasteiger partial charge < -0.3 is 10.8 Å². The molecule has 0 aliphatic heterocycles. The van der Waals surface area contributed by atoms with E-state index in [0.717, 1.165) is 35.2 Å². The largest absolute Gasteiger partial charge is 0.392 e. The number of nitrogens with two attached hydrogens (primary N) is 1. The first-order valence-corrected chi connectivity index (χ1v) is 10.4. The van der Waals surface area contributed by atoms with Gasteiger partial charge in [0.15, 0.2) is 0 Å². The highest BCUT2D eigenvalue weighted by Gasteiger charge is 2.23. The number of hydrogen-bond acceptors (Lipinski definition) is 3. The third-order valence-corrected chi connectivity index (χ3v) is 5.22. The highest BCUT2D eigenvalue weighted by Crippen LogP contribution is 2.37. The molecule has 0 radical (unpaired) electrons. The fourth-order valence-corrected chi connectivity index (χ4v) is 3.78. The highest BCUT2D eigenvalue weighted by atomic mass is 16.3. The number of hydrogen-bond donors (Lipinski definition) is 2. The van der Waals surface area contributed by atoms with Crippen LogP contribution in [0.25, 0.3) is 11.1 Å². The van der Waals surface area contributed by atoms with Gasteiger partial charge in [-0.05, 0) is 46.9 Å². The molecule has 27 heavy (non-hydrogen) atoms. The highest BCUT2D eigenvalue weighted by molar-refractivity contribution is 5.73. The smallest absolute Gasteiger partial charge is 0.0705 e. The molecule has 0 aliphatic carbocycles. The molecule has 3 heteroatoms. The van der Waals surface area contributed by atoms with Crippen molar-refractivity contribution in [3.63, 3.8) is 0 Å². The summed E-state index contributed by atoms with van der Waals surface area (Å²) in [4.78, 5) is 5.06. The molecule has 0 saturated heterocycles. The summed E-state index contributed by atoms with van der Waals surface area (Å²) in [7, 11) is 0. The molecule has 0 spiro atoms. The van der Waals surface area contributed by atoms with Gasteiger partial charge in [0.25, 0.3) is 0 Å². The third-order valence-electron chi connectivity index (χ3n) is 5.22. The van der Waals surface area contributed by atoms with Crippen LogP contribution < -0.4 is 5.73 Å². The van der Waals surface area contributed by atoms with Gasteiger partial charge in [0.2, 0.25) is 0 Å². The van der Waals surface area contributed by atoms with E-state index in [1.54, 1.807) is 0 Å².